The van der Waals surface area contributed by atoms with Gasteiger partial charge in [0.2, 0.25) is 0 Å². The third-order valence-corrected chi connectivity index (χ3v) is 3.80. The van der Waals surface area contributed by atoms with E-state index in [0.717, 1.165) is 11.1 Å². The second-order valence-electron chi connectivity index (χ2n) is 5.55. The van der Waals surface area contributed by atoms with Crippen LogP contribution in [0.3, 0.4) is 0 Å². The first-order valence-corrected chi connectivity index (χ1v) is 6.89. The van der Waals surface area contributed by atoms with Crippen LogP contribution in [0.2, 0.25) is 0 Å². The molecule has 0 fully saturated rings. The Balaban J connectivity index is 2.47. The van der Waals surface area contributed by atoms with Crippen LogP contribution in [0.1, 0.15) is 54.9 Å². The van der Waals surface area contributed by atoms with Gasteiger partial charge < -0.3 is 5.11 Å². The standard InChI is InChI=1S/C18H22O/c1-12(2)16-11-17(13(3)10-18(16)19)14(4)15-8-6-5-7-9-15/h5-12,14,19H,1-4H3. The molecule has 0 heterocycles. The first kappa shape index (κ1) is 13.7. The van der Waals surface area contributed by atoms with Gasteiger partial charge in [0.05, 0.1) is 0 Å². The molecule has 2 rings (SSSR count). The van der Waals surface area contributed by atoms with Crippen molar-refractivity contribution >= 4 is 0 Å². The van der Waals surface area contributed by atoms with E-state index in [1.165, 1.54) is 11.1 Å². The normalized spacial score (nSPS) is 12.7. The minimum absolute atomic E-state index is 0.335. The van der Waals surface area contributed by atoms with Crippen molar-refractivity contribution in [3.63, 3.8) is 0 Å². The van der Waals surface area contributed by atoms with Crippen LogP contribution in [0.4, 0.5) is 0 Å². The fraction of sp³-hybridized carbons (Fsp3) is 0.333. The number of phenols is 1. The van der Waals surface area contributed by atoms with Crippen molar-refractivity contribution in [3.05, 3.63) is 64.7 Å². The third kappa shape index (κ3) is 2.81. The average molecular weight is 254 g/mol. The summed E-state index contributed by atoms with van der Waals surface area (Å²) in [5.41, 5.74) is 4.79. The van der Waals surface area contributed by atoms with E-state index >= 15 is 0 Å². The summed E-state index contributed by atoms with van der Waals surface area (Å²) < 4.78 is 0. The molecule has 0 bridgehead atoms. The molecule has 0 radical (unpaired) electrons. The molecule has 0 saturated carbocycles. The summed E-state index contributed by atoms with van der Waals surface area (Å²) in [6.45, 7) is 8.51. The Morgan fingerprint density at radius 2 is 1.53 bits per heavy atom. The lowest BCUT2D eigenvalue weighted by atomic mass is 9.87. The van der Waals surface area contributed by atoms with Gasteiger partial charge in [0.1, 0.15) is 5.75 Å². The van der Waals surface area contributed by atoms with Gasteiger partial charge in [-0.1, -0.05) is 57.2 Å². The monoisotopic (exact) mass is 254 g/mol. The summed E-state index contributed by atoms with van der Waals surface area (Å²) in [7, 11) is 0. The van der Waals surface area contributed by atoms with E-state index < -0.39 is 0 Å². The van der Waals surface area contributed by atoms with Gasteiger partial charge in [-0.15, -0.1) is 0 Å². The predicted octanol–water partition coefficient (Wildman–Crippen LogP) is 4.98. The highest BCUT2D eigenvalue weighted by Crippen LogP contribution is 2.34. The first-order valence-electron chi connectivity index (χ1n) is 6.89. The van der Waals surface area contributed by atoms with E-state index in [2.05, 4.69) is 58.0 Å². The van der Waals surface area contributed by atoms with Crippen LogP contribution in [0, 0.1) is 6.92 Å². The topological polar surface area (TPSA) is 20.2 Å². The molecule has 0 spiro atoms. The van der Waals surface area contributed by atoms with Crippen LogP contribution in [0.15, 0.2) is 42.5 Å². The van der Waals surface area contributed by atoms with E-state index in [1.54, 1.807) is 0 Å². The quantitative estimate of drug-likeness (QED) is 0.819. The highest BCUT2D eigenvalue weighted by atomic mass is 16.3. The van der Waals surface area contributed by atoms with Crippen molar-refractivity contribution < 1.29 is 5.11 Å². The van der Waals surface area contributed by atoms with Crippen LogP contribution in [-0.2, 0) is 0 Å². The molecule has 1 nitrogen and oxygen atoms in total. The molecule has 0 aliphatic heterocycles. The van der Waals surface area contributed by atoms with Gasteiger partial charge in [0.25, 0.3) is 0 Å². The maximum absolute atomic E-state index is 10.0. The zero-order valence-corrected chi connectivity index (χ0v) is 12.1. The van der Waals surface area contributed by atoms with E-state index in [4.69, 9.17) is 0 Å². The fourth-order valence-electron chi connectivity index (χ4n) is 2.58. The number of benzene rings is 2. The molecule has 0 saturated heterocycles. The van der Waals surface area contributed by atoms with E-state index in [9.17, 15) is 5.11 Å². The van der Waals surface area contributed by atoms with Gasteiger partial charge in [-0.05, 0) is 41.2 Å². The van der Waals surface area contributed by atoms with Crippen molar-refractivity contribution in [2.45, 2.75) is 39.5 Å². The maximum Gasteiger partial charge on any atom is 0.119 e. The Labute approximate surface area is 115 Å². The third-order valence-electron chi connectivity index (χ3n) is 3.80. The molecule has 19 heavy (non-hydrogen) atoms. The summed E-state index contributed by atoms with van der Waals surface area (Å²) in [5.74, 6) is 1.10. The number of rotatable bonds is 3. The minimum Gasteiger partial charge on any atom is -0.508 e. The molecule has 100 valence electrons. The van der Waals surface area contributed by atoms with Gasteiger partial charge >= 0.3 is 0 Å². The Bertz CT molecular complexity index is 555. The van der Waals surface area contributed by atoms with Gasteiger partial charge in [0.15, 0.2) is 0 Å². The molecule has 0 aromatic heterocycles. The zero-order chi connectivity index (χ0) is 14.0. The van der Waals surface area contributed by atoms with Gasteiger partial charge in [-0.25, -0.2) is 0 Å². The molecule has 1 heteroatoms. The Kier molecular flexibility index (Phi) is 3.94. The lowest BCUT2D eigenvalue weighted by Crippen LogP contribution is -2.01. The number of aromatic hydroxyl groups is 1. The summed E-state index contributed by atoms with van der Waals surface area (Å²) in [6, 6.07) is 14.6. The average Bonchev–Trinajstić information content (AvgIpc) is 2.38. The van der Waals surface area contributed by atoms with Gasteiger partial charge in [-0.3, -0.25) is 0 Å². The van der Waals surface area contributed by atoms with Crippen LogP contribution in [-0.4, -0.2) is 5.11 Å². The Morgan fingerprint density at radius 1 is 0.895 bits per heavy atom. The Hall–Kier alpha value is -1.76. The fourth-order valence-corrected chi connectivity index (χ4v) is 2.58. The molecular formula is C18H22O. The molecule has 0 aliphatic carbocycles. The molecule has 2 aromatic carbocycles. The van der Waals surface area contributed by atoms with E-state index in [0.29, 0.717) is 17.6 Å². The molecular weight excluding hydrogens is 232 g/mol. The van der Waals surface area contributed by atoms with Gasteiger partial charge in [0, 0.05) is 5.92 Å². The predicted molar refractivity (Wildman–Crippen MR) is 80.9 cm³/mol. The second kappa shape index (κ2) is 5.48. The van der Waals surface area contributed by atoms with Crippen LogP contribution in [0.5, 0.6) is 5.75 Å². The number of phenolic OH excluding ortho intramolecular Hbond substituents is 1. The van der Waals surface area contributed by atoms with Crippen molar-refractivity contribution in [2.75, 3.05) is 0 Å². The molecule has 0 aliphatic rings. The summed E-state index contributed by atoms with van der Waals surface area (Å²) >= 11 is 0. The maximum atomic E-state index is 10.0. The SMILES string of the molecule is Cc1cc(O)c(C(C)C)cc1C(C)c1ccccc1. The van der Waals surface area contributed by atoms with Crippen LogP contribution in [0.25, 0.3) is 0 Å². The first-order chi connectivity index (χ1) is 9.00. The Morgan fingerprint density at radius 3 is 2.11 bits per heavy atom. The van der Waals surface area contributed by atoms with Crippen molar-refractivity contribution in [1.82, 2.24) is 0 Å². The van der Waals surface area contributed by atoms with Crippen molar-refractivity contribution in [1.29, 1.82) is 0 Å². The number of aryl methyl sites for hydroxylation is 1. The summed E-state index contributed by atoms with van der Waals surface area (Å²) in [5, 5.41) is 10.0. The summed E-state index contributed by atoms with van der Waals surface area (Å²) in [6.07, 6.45) is 0. The van der Waals surface area contributed by atoms with E-state index in [-0.39, 0.29) is 0 Å². The highest BCUT2D eigenvalue weighted by Gasteiger charge is 2.15. The lowest BCUT2D eigenvalue weighted by Gasteiger charge is -2.19. The smallest absolute Gasteiger partial charge is 0.119 e. The summed E-state index contributed by atoms with van der Waals surface area (Å²) in [4.78, 5) is 0. The van der Waals surface area contributed by atoms with Crippen molar-refractivity contribution in [3.8, 4) is 5.75 Å². The van der Waals surface area contributed by atoms with Crippen LogP contribution < -0.4 is 0 Å². The van der Waals surface area contributed by atoms with Crippen LogP contribution >= 0.6 is 0 Å². The minimum atomic E-state index is 0.335. The second-order valence-corrected chi connectivity index (χ2v) is 5.55. The van der Waals surface area contributed by atoms with Crippen molar-refractivity contribution in [2.24, 2.45) is 0 Å². The highest BCUT2D eigenvalue weighted by molar-refractivity contribution is 5.46. The molecule has 1 N–H and O–H groups in total. The number of hydrogen-bond donors (Lipinski definition) is 1. The van der Waals surface area contributed by atoms with E-state index in [1.807, 2.05) is 12.1 Å². The largest absolute Gasteiger partial charge is 0.508 e. The zero-order valence-electron chi connectivity index (χ0n) is 12.1. The number of hydrogen-bond acceptors (Lipinski definition) is 1. The van der Waals surface area contributed by atoms with Gasteiger partial charge in [-0.2, -0.15) is 0 Å². The molecule has 1 unspecified atom stereocenters. The molecule has 0 amide bonds. The molecule has 1 atom stereocenters. The molecule has 2 aromatic rings. The lowest BCUT2D eigenvalue weighted by molar-refractivity contribution is 0.464.